The molecule has 0 saturated carbocycles. The van der Waals surface area contributed by atoms with E-state index in [1.165, 1.54) is 16.2 Å². The number of hydrogen-bond donors (Lipinski definition) is 1. The molecule has 1 aromatic heterocycles. The van der Waals surface area contributed by atoms with Gasteiger partial charge in [0.05, 0.1) is 6.54 Å². The molecule has 2 heterocycles. The van der Waals surface area contributed by atoms with Crippen molar-refractivity contribution in [1.82, 2.24) is 14.8 Å². The van der Waals surface area contributed by atoms with Crippen molar-refractivity contribution in [3.8, 4) is 0 Å². The Morgan fingerprint density at radius 1 is 1.21 bits per heavy atom. The minimum Gasteiger partial charge on any atom is -0.375 e. The minimum atomic E-state index is -4.11. The van der Waals surface area contributed by atoms with E-state index in [2.05, 4.69) is 9.88 Å². The van der Waals surface area contributed by atoms with Crippen LogP contribution in [0, 0.1) is 0 Å². The molecule has 0 atom stereocenters. The van der Waals surface area contributed by atoms with Gasteiger partial charge in [-0.25, -0.2) is 4.98 Å². The Bertz CT molecular complexity index is 407. The van der Waals surface area contributed by atoms with Gasteiger partial charge in [-0.15, -0.1) is 11.3 Å². The number of thiazole rings is 1. The average molecular weight is 294 g/mol. The SMILES string of the molecule is Nc1ncc(CN2CCCN(CC(F)(F)F)CC2)s1. The average Bonchev–Trinajstić information content (AvgIpc) is 2.56. The van der Waals surface area contributed by atoms with E-state index < -0.39 is 12.7 Å². The Morgan fingerprint density at radius 2 is 1.89 bits per heavy atom. The highest BCUT2D eigenvalue weighted by Gasteiger charge is 2.31. The van der Waals surface area contributed by atoms with Gasteiger partial charge >= 0.3 is 6.18 Å². The molecule has 0 bridgehead atoms. The number of alkyl halides is 3. The predicted octanol–water partition coefficient (Wildman–Crippen LogP) is 1.80. The summed E-state index contributed by atoms with van der Waals surface area (Å²) in [5.41, 5.74) is 5.56. The van der Waals surface area contributed by atoms with Crippen molar-refractivity contribution >= 4 is 16.5 Å². The summed E-state index contributed by atoms with van der Waals surface area (Å²) >= 11 is 1.43. The quantitative estimate of drug-likeness (QED) is 0.923. The first-order valence-electron chi connectivity index (χ1n) is 6.14. The van der Waals surface area contributed by atoms with Crippen LogP contribution >= 0.6 is 11.3 Å². The first kappa shape index (κ1) is 14.5. The second-order valence-corrected chi connectivity index (χ2v) is 5.83. The molecule has 8 heteroatoms. The van der Waals surface area contributed by atoms with Gasteiger partial charge in [-0.2, -0.15) is 13.2 Å². The summed E-state index contributed by atoms with van der Waals surface area (Å²) in [7, 11) is 0. The summed E-state index contributed by atoms with van der Waals surface area (Å²) in [6.45, 7) is 2.32. The molecule has 108 valence electrons. The third kappa shape index (κ3) is 4.96. The Hall–Kier alpha value is -0.860. The molecule has 1 aromatic rings. The molecule has 0 amide bonds. The van der Waals surface area contributed by atoms with Crippen LogP contribution in [0.2, 0.25) is 0 Å². The van der Waals surface area contributed by atoms with Crippen LogP contribution in [-0.2, 0) is 6.54 Å². The van der Waals surface area contributed by atoms with Crippen LogP contribution in [0.25, 0.3) is 0 Å². The highest BCUT2D eigenvalue weighted by molar-refractivity contribution is 7.15. The standard InChI is InChI=1S/C11H17F3N4S/c12-11(13,14)8-18-3-1-2-17(4-5-18)7-9-6-16-10(15)19-9/h6H,1-5,7-8H2,(H2,15,16). The fourth-order valence-electron chi connectivity index (χ4n) is 2.21. The molecular weight excluding hydrogens is 277 g/mol. The van der Waals surface area contributed by atoms with Gasteiger partial charge < -0.3 is 5.73 Å². The second-order valence-electron chi connectivity index (χ2n) is 4.69. The molecule has 2 N–H and O–H groups in total. The summed E-state index contributed by atoms with van der Waals surface area (Å²) < 4.78 is 37.0. The summed E-state index contributed by atoms with van der Waals surface area (Å²) in [5, 5.41) is 0.531. The first-order valence-corrected chi connectivity index (χ1v) is 6.96. The zero-order valence-corrected chi connectivity index (χ0v) is 11.3. The van der Waals surface area contributed by atoms with Crippen molar-refractivity contribution in [2.45, 2.75) is 19.1 Å². The van der Waals surface area contributed by atoms with Crippen molar-refractivity contribution < 1.29 is 13.2 Å². The van der Waals surface area contributed by atoms with Gasteiger partial charge in [-0.05, 0) is 19.5 Å². The molecule has 0 radical (unpaired) electrons. The van der Waals surface area contributed by atoms with Gasteiger partial charge in [0.15, 0.2) is 5.13 Å². The molecule has 1 saturated heterocycles. The second kappa shape index (κ2) is 6.06. The third-order valence-electron chi connectivity index (χ3n) is 3.03. The predicted molar refractivity (Wildman–Crippen MR) is 68.9 cm³/mol. The Kier molecular flexibility index (Phi) is 4.64. The molecule has 0 aliphatic carbocycles. The van der Waals surface area contributed by atoms with Crippen molar-refractivity contribution in [3.05, 3.63) is 11.1 Å². The topological polar surface area (TPSA) is 45.4 Å². The lowest BCUT2D eigenvalue weighted by molar-refractivity contribution is -0.145. The van der Waals surface area contributed by atoms with Crippen molar-refractivity contribution in [1.29, 1.82) is 0 Å². The van der Waals surface area contributed by atoms with E-state index >= 15 is 0 Å². The number of nitrogens with two attached hydrogens (primary N) is 1. The summed E-state index contributed by atoms with van der Waals surface area (Å²) in [5.74, 6) is 0. The molecule has 1 fully saturated rings. The first-order chi connectivity index (χ1) is 8.92. The molecule has 4 nitrogen and oxygen atoms in total. The number of halogens is 3. The van der Waals surface area contributed by atoms with Gasteiger partial charge in [0, 0.05) is 30.7 Å². The lowest BCUT2D eigenvalue weighted by atomic mass is 10.3. The van der Waals surface area contributed by atoms with Crippen LogP contribution in [0.3, 0.4) is 0 Å². The van der Waals surface area contributed by atoms with Gasteiger partial charge in [-0.3, -0.25) is 9.80 Å². The van der Waals surface area contributed by atoms with Crippen LogP contribution < -0.4 is 5.73 Å². The van der Waals surface area contributed by atoms with Gasteiger partial charge in [0.25, 0.3) is 0 Å². The monoisotopic (exact) mass is 294 g/mol. The maximum Gasteiger partial charge on any atom is 0.401 e. The Labute approximate surface area is 114 Å². The fraction of sp³-hybridized carbons (Fsp3) is 0.727. The molecule has 1 aliphatic rings. The molecule has 0 spiro atoms. The zero-order valence-electron chi connectivity index (χ0n) is 10.5. The van der Waals surface area contributed by atoms with Crippen molar-refractivity contribution in [2.75, 3.05) is 38.5 Å². The molecule has 0 aromatic carbocycles. The van der Waals surface area contributed by atoms with Crippen LogP contribution in [0.4, 0.5) is 18.3 Å². The van der Waals surface area contributed by atoms with Gasteiger partial charge in [0.1, 0.15) is 0 Å². The number of anilines is 1. The molecule has 2 rings (SSSR count). The van der Waals surface area contributed by atoms with Gasteiger partial charge in [-0.1, -0.05) is 0 Å². The maximum absolute atomic E-state index is 12.3. The molecule has 0 unspecified atom stereocenters. The number of hydrogen-bond acceptors (Lipinski definition) is 5. The van der Waals surface area contributed by atoms with E-state index in [9.17, 15) is 13.2 Å². The Balaban J connectivity index is 1.83. The van der Waals surface area contributed by atoms with E-state index in [4.69, 9.17) is 5.73 Å². The largest absolute Gasteiger partial charge is 0.401 e. The normalized spacial score (nSPS) is 19.5. The lowest BCUT2D eigenvalue weighted by Gasteiger charge is -2.22. The van der Waals surface area contributed by atoms with Crippen molar-refractivity contribution in [3.63, 3.8) is 0 Å². The van der Waals surface area contributed by atoms with Crippen molar-refractivity contribution in [2.24, 2.45) is 0 Å². The Morgan fingerprint density at radius 3 is 2.53 bits per heavy atom. The highest BCUT2D eigenvalue weighted by Crippen LogP contribution is 2.20. The summed E-state index contributed by atoms with van der Waals surface area (Å²) in [6.07, 6.45) is -1.62. The zero-order chi connectivity index (χ0) is 13.9. The molecule has 1 aliphatic heterocycles. The van der Waals surface area contributed by atoms with E-state index in [1.807, 2.05) is 0 Å². The van der Waals surface area contributed by atoms with Crippen LogP contribution in [-0.4, -0.2) is 53.7 Å². The fourth-order valence-corrected chi connectivity index (χ4v) is 2.94. The van der Waals surface area contributed by atoms with E-state index in [1.54, 1.807) is 6.20 Å². The number of nitrogens with zero attached hydrogens (tertiary/aromatic N) is 3. The lowest BCUT2D eigenvalue weighted by Crippen LogP contribution is -2.37. The minimum absolute atomic E-state index is 0.452. The molecule has 19 heavy (non-hydrogen) atoms. The van der Waals surface area contributed by atoms with E-state index in [0.29, 0.717) is 31.3 Å². The molecular formula is C11H17F3N4S. The van der Waals surface area contributed by atoms with Crippen LogP contribution in [0.15, 0.2) is 6.20 Å². The number of nitrogen functional groups attached to an aromatic ring is 1. The number of rotatable bonds is 3. The summed E-state index contributed by atoms with van der Waals surface area (Å²) in [4.78, 5) is 8.67. The maximum atomic E-state index is 12.3. The van der Waals surface area contributed by atoms with Crippen LogP contribution in [0.5, 0.6) is 0 Å². The smallest absolute Gasteiger partial charge is 0.375 e. The third-order valence-corrected chi connectivity index (χ3v) is 3.85. The van der Waals surface area contributed by atoms with Crippen LogP contribution in [0.1, 0.15) is 11.3 Å². The number of aromatic nitrogens is 1. The van der Waals surface area contributed by atoms with E-state index in [-0.39, 0.29) is 0 Å². The van der Waals surface area contributed by atoms with Gasteiger partial charge in [0.2, 0.25) is 0 Å². The highest BCUT2D eigenvalue weighted by atomic mass is 32.1. The van der Waals surface area contributed by atoms with E-state index in [0.717, 1.165) is 17.8 Å². The summed E-state index contributed by atoms with van der Waals surface area (Å²) in [6, 6.07) is 0.